The highest BCUT2D eigenvalue weighted by Gasteiger charge is 2.42. The lowest BCUT2D eigenvalue weighted by Gasteiger charge is -2.49. The Balaban J connectivity index is 1.20. The lowest BCUT2D eigenvalue weighted by Crippen LogP contribution is -2.62. The topological polar surface area (TPSA) is 51.0 Å². The minimum Gasteiger partial charge on any atom is -0.347 e. The van der Waals surface area contributed by atoms with Gasteiger partial charge in [0.15, 0.2) is 5.79 Å². The Morgan fingerprint density at radius 2 is 1.74 bits per heavy atom. The first-order chi connectivity index (χ1) is 13.2. The van der Waals surface area contributed by atoms with Crippen LogP contribution in [0.5, 0.6) is 0 Å². The summed E-state index contributed by atoms with van der Waals surface area (Å²) in [6.07, 6.45) is 4.02. The Morgan fingerprint density at radius 3 is 2.37 bits per heavy atom. The van der Waals surface area contributed by atoms with Crippen LogP contribution < -0.4 is 5.73 Å². The van der Waals surface area contributed by atoms with Crippen LogP contribution in [0.25, 0.3) is 0 Å². The lowest BCUT2D eigenvalue weighted by molar-refractivity contribution is -0.191. The van der Waals surface area contributed by atoms with Crippen molar-refractivity contribution in [3.05, 3.63) is 35.6 Å². The van der Waals surface area contributed by atoms with Crippen molar-refractivity contribution in [3.8, 4) is 0 Å². The fourth-order valence-electron chi connectivity index (χ4n) is 4.72. The minimum atomic E-state index is -0.273. The summed E-state index contributed by atoms with van der Waals surface area (Å²) in [5.41, 5.74) is 7.01. The molecule has 0 aromatic heterocycles. The van der Waals surface area contributed by atoms with Crippen LogP contribution in [-0.4, -0.2) is 74.1 Å². The quantitative estimate of drug-likeness (QED) is 0.789. The number of benzene rings is 1. The van der Waals surface area contributed by atoms with E-state index in [9.17, 15) is 4.39 Å². The van der Waals surface area contributed by atoms with Gasteiger partial charge in [0.05, 0.1) is 13.2 Å². The zero-order valence-corrected chi connectivity index (χ0v) is 16.1. The zero-order valence-electron chi connectivity index (χ0n) is 16.1. The van der Waals surface area contributed by atoms with Gasteiger partial charge in [-0.25, -0.2) is 4.39 Å². The Hall–Kier alpha value is -1.05. The molecule has 3 heterocycles. The van der Waals surface area contributed by atoms with Gasteiger partial charge in [-0.15, -0.1) is 0 Å². The molecule has 4 rings (SSSR count). The van der Waals surface area contributed by atoms with Crippen molar-refractivity contribution < 1.29 is 13.9 Å². The molecule has 3 aliphatic rings. The maximum absolute atomic E-state index is 13.2. The molecule has 0 aliphatic carbocycles. The third-order valence-electron chi connectivity index (χ3n) is 6.48. The summed E-state index contributed by atoms with van der Waals surface area (Å²) >= 11 is 0. The molecule has 3 fully saturated rings. The van der Waals surface area contributed by atoms with E-state index in [-0.39, 0.29) is 11.6 Å². The molecular weight excluding hydrogens is 345 g/mol. The van der Waals surface area contributed by atoms with E-state index in [1.54, 1.807) is 12.1 Å². The maximum Gasteiger partial charge on any atom is 0.170 e. The number of hydrogen-bond acceptors (Lipinski definition) is 5. The SMILES string of the molecule is NCCC(CCN1CC(N2CCC3(CC2)OCCO3)C1)c1ccc(F)cc1. The van der Waals surface area contributed by atoms with Crippen molar-refractivity contribution in [2.75, 3.05) is 52.5 Å². The highest BCUT2D eigenvalue weighted by molar-refractivity contribution is 5.20. The summed E-state index contributed by atoms with van der Waals surface area (Å²) in [7, 11) is 0. The van der Waals surface area contributed by atoms with Crippen LogP contribution in [0.3, 0.4) is 0 Å². The third-order valence-corrected chi connectivity index (χ3v) is 6.48. The molecule has 6 heteroatoms. The molecule has 2 N–H and O–H groups in total. The standard InChI is InChI=1S/C21H32FN3O2/c22-19-3-1-17(2-4-19)18(5-9-23)6-10-24-15-20(16-24)25-11-7-21(8-12-25)26-13-14-27-21/h1-4,18,20H,5-16,23H2. The van der Waals surface area contributed by atoms with Gasteiger partial charge < -0.3 is 20.1 Å². The molecule has 0 radical (unpaired) electrons. The van der Waals surface area contributed by atoms with Crippen molar-refractivity contribution >= 4 is 0 Å². The van der Waals surface area contributed by atoms with E-state index in [2.05, 4.69) is 9.80 Å². The van der Waals surface area contributed by atoms with Crippen molar-refractivity contribution in [1.82, 2.24) is 9.80 Å². The molecule has 3 aliphatic heterocycles. The first kappa shape index (κ1) is 19.3. The molecule has 1 atom stereocenters. The van der Waals surface area contributed by atoms with Crippen molar-refractivity contribution in [2.45, 2.75) is 43.4 Å². The average Bonchev–Trinajstić information content (AvgIpc) is 3.10. The largest absolute Gasteiger partial charge is 0.347 e. The molecule has 150 valence electrons. The third kappa shape index (κ3) is 4.51. The number of rotatable bonds is 7. The predicted molar refractivity (Wildman–Crippen MR) is 103 cm³/mol. The van der Waals surface area contributed by atoms with Gasteiger partial charge in [-0.2, -0.15) is 0 Å². The summed E-state index contributed by atoms with van der Waals surface area (Å²) in [5.74, 6) is -0.0291. The number of ether oxygens (including phenoxy) is 2. The number of piperidine rings is 1. The van der Waals surface area contributed by atoms with Gasteiger partial charge in [-0.3, -0.25) is 4.90 Å². The fourth-order valence-corrected chi connectivity index (χ4v) is 4.72. The van der Waals surface area contributed by atoms with E-state index >= 15 is 0 Å². The van der Waals surface area contributed by atoms with Crippen molar-refractivity contribution in [1.29, 1.82) is 0 Å². The lowest BCUT2D eigenvalue weighted by atomic mass is 9.91. The predicted octanol–water partition coefficient (Wildman–Crippen LogP) is 2.17. The van der Waals surface area contributed by atoms with Crippen LogP contribution in [-0.2, 0) is 9.47 Å². The zero-order chi connectivity index (χ0) is 18.7. The summed E-state index contributed by atoms with van der Waals surface area (Å²) in [6.45, 7) is 7.69. The van der Waals surface area contributed by atoms with Crippen LogP contribution in [0.15, 0.2) is 24.3 Å². The fraction of sp³-hybridized carbons (Fsp3) is 0.714. The van der Waals surface area contributed by atoms with E-state index < -0.39 is 0 Å². The molecule has 0 saturated carbocycles. The summed E-state index contributed by atoms with van der Waals surface area (Å²) in [6, 6.07) is 7.60. The molecule has 1 unspecified atom stereocenters. The van der Waals surface area contributed by atoms with E-state index in [1.165, 1.54) is 5.56 Å². The maximum atomic E-state index is 13.2. The van der Waals surface area contributed by atoms with Gasteiger partial charge >= 0.3 is 0 Å². The van der Waals surface area contributed by atoms with Crippen LogP contribution in [0.4, 0.5) is 4.39 Å². The average molecular weight is 378 g/mol. The molecule has 1 aromatic carbocycles. The summed E-state index contributed by atoms with van der Waals surface area (Å²) < 4.78 is 24.8. The van der Waals surface area contributed by atoms with Crippen LogP contribution in [0.2, 0.25) is 0 Å². The van der Waals surface area contributed by atoms with Crippen LogP contribution in [0.1, 0.15) is 37.2 Å². The number of halogens is 1. The van der Waals surface area contributed by atoms with Crippen LogP contribution >= 0.6 is 0 Å². The van der Waals surface area contributed by atoms with Gasteiger partial charge in [0.1, 0.15) is 5.82 Å². The molecule has 27 heavy (non-hydrogen) atoms. The second-order valence-electron chi connectivity index (χ2n) is 8.17. The van der Waals surface area contributed by atoms with E-state index in [0.717, 1.165) is 71.6 Å². The van der Waals surface area contributed by atoms with Crippen molar-refractivity contribution in [2.24, 2.45) is 5.73 Å². The van der Waals surface area contributed by atoms with E-state index in [1.807, 2.05) is 12.1 Å². The highest BCUT2D eigenvalue weighted by atomic mass is 19.1. The van der Waals surface area contributed by atoms with E-state index in [4.69, 9.17) is 15.2 Å². The van der Waals surface area contributed by atoms with E-state index in [0.29, 0.717) is 18.5 Å². The number of hydrogen-bond donors (Lipinski definition) is 1. The smallest absolute Gasteiger partial charge is 0.170 e. The van der Waals surface area contributed by atoms with Crippen LogP contribution in [0, 0.1) is 5.82 Å². The molecule has 1 aromatic rings. The first-order valence-corrected chi connectivity index (χ1v) is 10.4. The summed E-state index contributed by atoms with van der Waals surface area (Å²) in [5, 5.41) is 0. The Kier molecular flexibility index (Phi) is 6.09. The Labute approximate surface area is 161 Å². The molecule has 3 saturated heterocycles. The molecule has 5 nitrogen and oxygen atoms in total. The highest BCUT2D eigenvalue weighted by Crippen LogP contribution is 2.33. The second-order valence-corrected chi connectivity index (χ2v) is 8.17. The molecule has 0 bridgehead atoms. The monoisotopic (exact) mass is 377 g/mol. The first-order valence-electron chi connectivity index (χ1n) is 10.4. The molecule has 0 amide bonds. The normalized spacial score (nSPS) is 25.0. The summed E-state index contributed by atoms with van der Waals surface area (Å²) in [4.78, 5) is 5.13. The number of nitrogens with zero attached hydrogens (tertiary/aromatic N) is 2. The Morgan fingerprint density at radius 1 is 1.07 bits per heavy atom. The molecule has 1 spiro atoms. The van der Waals surface area contributed by atoms with Gasteiger partial charge in [0.2, 0.25) is 0 Å². The molecular formula is C21H32FN3O2. The van der Waals surface area contributed by atoms with Gasteiger partial charge in [0.25, 0.3) is 0 Å². The van der Waals surface area contributed by atoms with Crippen molar-refractivity contribution in [3.63, 3.8) is 0 Å². The van der Waals surface area contributed by atoms with Gasteiger partial charge in [0, 0.05) is 45.1 Å². The number of likely N-dealkylation sites (tertiary alicyclic amines) is 2. The van der Waals surface area contributed by atoms with Gasteiger partial charge in [-0.05, 0) is 49.5 Å². The second kappa shape index (κ2) is 8.53. The Bertz CT molecular complexity index is 590. The van der Waals surface area contributed by atoms with Gasteiger partial charge in [-0.1, -0.05) is 12.1 Å². The minimum absolute atomic E-state index is 0.174. The number of nitrogens with two attached hydrogens (primary N) is 1.